The molecule has 0 aromatic heterocycles. The molecule has 24 heavy (non-hydrogen) atoms. The van der Waals surface area contributed by atoms with Gasteiger partial charge in [0.05, 0.1) is 11.8 Å². The van der Waals surface area contributed by atoms with E-state index in [-0.39, 0.29) is 11.8 Å². The van der Waals surface area contributed by atoms with Crippen LogP contribution in [0.4, 0.5) is 0 Å². The van der Waals surface area contributed by atoms with E-state index in [9.17, 15) is 9.59 Å². The monoisotopic (exact) mass is 336 g/mol. The molecule has 0 amide bonds. The van der Waals surface area contributed by atoms with E-state index in [0.29, 0.717) is 0 Å². The van der Waals surface area contributed by atoms with E-state index in [1.807, 2.05) is 0 Å². The number of aliphatic carboxylic acids is 2. The Morgan fingerprint density at radius 3 is 0.875 bits per heavy atom. The van der Waals surface area contributed by atoms with Crippen molar-refractivity contribution >= 4 is 11.9 Å². The van der Waals surface area contributed by atoms with Gasteiger partial charge in [0.15, 0.2) is 0 Å². The molecule has 0 bridgehead atoms. The Kier molecular flexibility index (Phi) is 5.83. The van der Waals surface area contributed by atoms with Gasteiger partial charge >= 0.3 is 11.9 Å². The van der Waals surface area contributed by atoms with Crippen LogP contribution in [0.25, 0.3) is 0 Å². The summed E-state index contributed by atoms with van der Waals surface area (Å²) in [6.07, 6.45) is 13.2. The predicted octanol–water partition coefficient (Wildman–Crippen LogP) is 4.57. The molecular formula is C20H32O4. The third kappa shape index (κ3) is 4.12. The molecule has 3 fully saturated rings. The zero-order valence-electron chi connectivity index (χ0n) is 14.7. The molecule has 0 saturated heterocycles. The van der Waals surface area contributed by atoms with Crippen LogP contribution in [-0.2, 0) is 9.59 Å². The second-order valence-corrected chi connectivity index (χ2v) is 8.57. The Morgan fingerprint density at radius 2 is 0.667 bits per heavy atom. The lowest BCUT2D eigenvalue weighted by molar-refractivity contribution is -0.144. The molecule has 0 unspecified atom stereocenters. The third-order valence-corrected chi connectivity index (χ3v) is 7.39. The Labute approximate surface area is 145 Å². The van der Waals surface area contributed by atoms with Crippen molar-refractivity contribution in [1.82, 2.24) is 0 Å². The summed E-state index contributed by atoms with van der Waals surface area (Å²) < 4.78 is 0. The van der Waals surface area contributed by atoms with Crippen molar-refractivity contribution < 1.29 is 19.8 Å². The Balaban J connectivity index is 1.40. The highest BCUT2D eigenvalue weighted by molar-refractivity contribution is 5.70. The normalized spacial score (nSPS) is 40.8. The second kappa shape index (κ2) is 7.88. The van der Waals surface area contributed by atoms with Crippen LogP contribution in [0.2, 0.25) is 0 Å². The van der Waals surface area contributed by atoms with E-state index in [2.05, 4.69) is 0 Å². The Bertz CT molecular complexity index is 395. The van der Waals surface area contributed by atoms with Crippen molar-refractivity contribution in [3.63, 3.8) is 0 Å². The van der Waals surface area contributed by atoms with Crippen LogP contribution < -0.4 is 0 Å². The molecule has 3 saturated carbocycles. The van der Waals surface area contributed by atoms with E-state index in [1.54, 1.807) is 0 Å². The summed E-state index contributed by atoms with van der Waals surface area (Å²) in [5.41, 5.74) is 0. The summed E-state index contributed by atoms with van der Waals surface area (Å²) in [5.74, 6) is 1.73. The molecule has 0 radical (unpaired) electrons. The van der Waals surface area contributed by atoms with Gasteiger partial charge in [0.25, 0.3) is 0 Å². The fourth-order valence-electron chi connectivity index (χ4n) is 5.76. The highest BCUT2D eigenvalue weighted by atomic mass is 16.4. The Hall–Kier alpha value is -1.06. The third-order valence-electron chi connectivity index (χ3n) is 7.39. The van der Waals surface area contributed by atoms with Gasteiger partial charge in [-0.05, 0) is 101 Å². The van der Waals surface area contributed by atoms with E-state index in [0.717, 1.165) is 75.0 Å². The largest absolute Gasteiger partial charge is 0.481 e. The number of rotatable bonds is 4. The highest BCUT2D eigenvalue weighted by Gasteiger charge is 2.36. The summed E-state index contributed by atoms with van der Waals surface area (Å²) in [4.78, 5) is 22.2. The maximum absolute atomic E-state index is 11.1. The van der Waals surface area contributed by atoms with Crippen molar-refractivity contribution in [2.75, 3.05) is 0 Å². The van der Waals surface area contributed by atoms with Gasteiger partial charge in [-0.2, -0.15) is 0 Å². The molecule has 0 aliphatic heterocycles. The molecule has 3 aliphatic carbocycles. The minimum absolute atomic E-state index is 0.0954. The van der Waals surface area contributed by atoms with Crippen LogP contribution in [0.3, 0.4) is 0 Å². The quantitative estimate of drug-likeness (QED) is 0.788. The first-order valence-electron chi connectivity index (χ1n) is 10.00. The standard InChI is InChI=1S/C20H32O4/c21-19(22)17-9-5-15(6-10-17)13-1-2-14(4-3-13)16-7-11-18(12-8-16)20(23)24/h13-18H,1-12H2,(H,21,22)(H,23,24). The van der Waals surface area contributed by atoms with E-state index >= 15 is 0 Å². The summed E-state index contributed by atoms with van der Waals surface area (Å²) in [6.45, 7) is 0. The van der Waals surface area contributed by atoms with Gasteiger partial charge in [-0.15, -0.1) is 0 Å². The summed E-state index contributed by atoms with van der Waals surface area (Å²) in [5, 5.41) is 18.3. The first kappa shape index (κ1) is 17.8. The summed E-state index contributed by atoms with van der Waals surface area (Å²) >= 11 is 0. The highest BCUT2D eigenvalue weighted by Crippen LogP contribution is 2.45. The number of hydrogen-bond acceptors (Lipinski definition) is 2. The molecule has 136 valence electrons. The van der Waals surface area contributed by atoms with Gasteiger partial charge in [0.1, 0.15) is 0 Å². The van der Waals surface area contributed by atoms with Crippen molar-refractivity contribution in [3.8, 4) is 0 Å². The molecule has 0 aromatic carbocycles. The summed E-state index contributed by atoms with van der Waals surface area (Å²) in [6, 6.07) is 0. The van der Waals surface area contributed by atoms with Gasteiger partial charge < -0.3 is 10.2 Å². The minimum Gasteiger partial charge on any atom is -0.481 e. The van der Waals surface area contributed by atoms with Crippen LogP contribution in [0.5, 0.6) is 0 Å². The molecule has 4 heteroatoms. The molecule has 0 atom stereocenters. The van der Waals surface area contributed by atoms with Crippen molar-refractivity contribution in [2.24, 2.45) is 35.5 Å². The van der Waals surface area contributed by atoms with E-state index < -0.39 is 11.9 Å². The molecule has 0 spiro atoms. The SMILES string of the molecule is O=C(O)C1CCC(C2CCC(C3CCC(C(=O)O)CC3)CC2)CC1. The van der Waals surface area contributed by atoms with Gasteiger partial charge in [-0.25, -0.2) is 0 Å². The van der Waals surface area contributed by atoms with Crippen molar-refractivity contribution in [3.05, 3.63) is 0 Å². The minimum atomic E-state index is -0.603. The zero-order chi connectivity index (χ0) is 17.1. The van der Waals surface area contributed by atoms with Crippen LogP contribution in [0.15, 0.2) is 0 Å². The van der Waals surface area contributed by atoms with Crippen molar-refractivity contribution in [1.29, 1.82) is 0 Å². The van der Waals surface area contributed by atoms with Gasteiger partial charge in [0, 0.05) is 0 Å². The first-order chi connectivity index (χ1) is 11.5. The Morgan fingerprint density at radius 1 is 0.458 bits per heavy atom. The maximum atomic E-state index is 11.1. The van der Waals surface area contributed by atoms with Gasteiger partial charge in [-0.3, -0.25) is 9.59 Å². The molecule has 3 rings (SSSR count). The molecule has 2 N–H and O–H groups in total. The van der Waals surface area contributed by atoms with E-state index in [1.165, 1.54) is 25.7 Å². The van der Waals surface area contributed by atoms with E-state index in [4.69, 9.17) is 10.2 Å². The first-order valence-corrected chi connectivity index (χ1v) is 10.00. The van der Waals surface area contributed by atoms with Crippen LogP contribution in [0.1, 0.15) is 77.0 Å². The van der Waals surface area contributed by atoms with Gasteiger partial charge in [-0.1, -0.05) is 0 Å². The van der Waals surface area contributed by atoms with Crippen LogP contribution >= 0.6 is 0 Å². The lowest BCUT2D eigenvalue weighted by atomic mass is 9.65. The number of carbonyl (C=O) groups is 2. The predicted molar refractivity (Wildman–Crippen MR) is 91.6 cm³/mol. The van der Waals surface area contributed by atoms with Crippen LogP contribution in [-0.4, -0.2) is 22.2 Å². The lowest BCUT2D eigenvalue weighted by Crippen LogP contribution is -2.31. The second-order valence-electron chi connectivity index (χ2n) is 8.57. The fourth-order valence-corrected chi connectivity index (χ4v) is 5.76. The zero-order valence-corrected chi connectivity index (χ0v) is 14.7. The number of carboxylic acid groups (broad SMARTS) is 2. The average Bonchev–Trinajstić information content (AvgIpc) is 2.62. The molecule has 4 nitrogen and oxygen atoms in total. The van der Waals surface area contributed by atoms with Gasteiger partial charge in [0.2, 0.25) is 0 Å². The van der Waals surface area contributed by atoms with Crippen molar-refractivity contribution in [2.45, 2.75) is 77.0 Å². The summed E-state index contributed by atoms with van der Waals surface area (Å²) in [7, 11) is 0. The van der Waals surface area contributed by atoms with Crippen LogP contribution in [0, 0.1) is 35.5 Å². The molecule has 0 aromatic rings. The lowest BCUT2D eigenvalue weighted by Gasteiger charge is -2.40. The molecule has 3 aliphatic rings. The maximum Gasteiger partial charge on any atom is 0.306 e. The topological polar surface area (TPSA) is 74.6 Å². The molecule has 0 heterocycles. The number of hydrogen-bond donors (Lipinski definition) is 2. The fraction of sp³-hybridized carbons (Fsp3) is 0.900. The number of carboxylic acids is 2. The molecular weight excluding hydrogens is 304 g/mol. The average molecular weight is 336 g/mol. The smallest absolute Gasteiger partial charge is 0.306 e.